The van der Waals surface area contributed by atoms with E-state index in [0.29, 0.717) is 5.75 Å². The summed E-state index contributed by atoms with van der Waals surface area (Å²) in [5.41, 5.74) is 5.36. The molecule has 0 saturated carbocycles. The van der Waals surface area contributed by atoms with Crippen molar-refractivity contribution in [1.29, 1.82) is 0 Å². The van der Waals surface area contributed by atoms with Gasteiger partial charge in [-0.25, -0.2) is 0 Å². The fourth-order valence-electron chi connectivity index (χ4n) is 2.17. The SMILES string of the molecule is Cc1cc(Cc2ccc(O)cc2)c(C)c(C)c1O. The van der Waals surface area contributed by atoms with Crippen LogP contribution in [-0.2, 0) is 6.42 Å². The molecule has 2 N–H and O–H groups in total. The predicted molar refractivity (Wildman–Crippen MR) is 73.2 cm³/mol. The van der Waals surface area contributed by atoms with Gasteiger partial charge in [0, 0.05) is 0 Å². The zero-order valence-electron chi connectivity index (χ0n) is 11.0. The van der Waals surface area contributed by atoms with Crippen molar-refractivity contribution in [2.45, 2.75) is 27.2 Å². The summed E-state index contributed by atoms with van der Waals surface area (Å²) < 4.78 is 0. The Morgan fingerprint density at radius 2 is 1.50 bits per heavy atom. The number of phenols is 2. The molecule has 2 aromatic rings. The summed E-state index contributed by atoms with van der Waals surface area (Å²) in [6, 6.07) is 9.28. The van der Waals surface area contributed by atoms with E-state index in [-0.39, 0.29) is 5.75 Å². The van der Waals surface area contributed by atoms with Gasteiger partial charge in [0.25, 0.3) is 0 Å². The first-order valence-electron chi connectivity index (χ1n) is 6.05. The molecule has 2 nitrogen and oxygen atoms in total. The molecule has 0 spiro atoms. The lowest BCUT2D eigenvalue weighted by molar-refractivity contribution is 0.466. The molecule has 0 amide bonds. The van der Waals surface area contributed by atoms with Gasteiger partial charge in [0.2, 0.25) is 0 Å². The van der Waals surface area contributed by atoms with Crippen molar-refractivity contribution in [3.63, 3.8) is 0 Å². The van der Waals surface area contributed by atoms with Gasteiger partial charge in [0.05, 0.1) is 0 Å². The molecule has 0 aliphatic carbocycles. The van der Waals surface area contributed by atoms with E-state index in [0.717, 1.165) is 28.7 Å². The molecule has 0 aromatic heterocycles. The number of hydrogen-bond donors (Lipinski definition) is 2. The van der Waals surface area contributed by atoms with Crippen LogP contribution in [0.2, 0.25) is 0 Å². The first kappa shape index (κ1) is 12.5. The van der Waals surface area contributed by atoms with Crippen LogP contribution in [0.15, 0.2) is 30.3 Å². The van der Waals surface area contributed by atoms with E-state index >= 15 is 0 Å². The van der Waals surface area contributed by atoms with Crippen molar-refractivity contribution >= 4 is 0 Å². The Balaban J connectivity index is 2.38. The quantitative estimate of drug-likeness (QED) is 0.844. The Kier molecular flexibility index (Phi) is 3.28. The number of phenolic OH excluding ortho intramolecular Hbond substituents is 2. The summed E-state index contributed by atoms with van der Waals surface area (Å²) in [6.45, 7) is 5.89. The topological polar surface area (TPSA) is 40.5 Å². The maximum Gasteiger partial charge on any atom is 0.121 e. The molecule has 18 heavy (non-hydrogen) atoms. The first-order valence-corrected chi connectivity index (χ1v) is 6.05. The van der Waals surface area contributed by atoms with Crippen LogP contribution < -0.4 is 0 Å². The van der Waals surface area contributed by atoms with Crippen molar-refractivity contribution in [3.8, 4) is 11.5 Å². The number of aryl methyl sites for hydroxylation is 1. The normalized spacial score (nSPS) is 10.6. The predicted octanol–water partition coefficient (Wildman–Crippen LogP) is 3.61. The second-order valence-electron chi connectivity index (χ2n) is 4.79. The molecule has 0 radical (unpaired) electrons. The van der Waals surface area contributed by atoms with Crippen LogP contribution in [0, 0.1) is 20.8 Å². The minimum absolute atomic E-state index is 0.286. The van der Waals surface area contributed by atoms with Crippen LogP contribution in [0.1, 0.15) is 27.8 Å². The molecular formula is C16H18O2. The highest BCUT2D eigenvalue weighted by atomic mass is 16.3. The maximum absolute atomic E-state index is 9.88. The highest BCUT2D eigenvalue weighted by molar-refractivity contribution is 5.49. The molecular weight excluding hydrogens is 224 g/mol. The average molecular weight is 242 g/mol. The van der Waals surface area contributed by atoms with Crippen LogP contribution in [0.5, 0.6) is 11.5 Å². The molecule has 0 saturated heterocycles. The van der Waals surface area contributed by atoms with Crippen molar-refractivity contribution in [1.82, 2.24) is 0 Å². The molecule has 2 rings (SSSR count). The van der Waals surface area contributed by atoms with Crippen molar-refractivity contribution in [2.75, 3.05) is 0 Å². The summed E-state index contributed by atoms with van der Waals surface area (Å²) in [5.74, 6) is 0.676. The van der Waals surface area contributed by atoms with E-state index in [1.165, 1.54) is 5.56 Å². The number of rotatable bonds is 2. The van der Waals surface area contributed by atoms with E-state index in [1.54, 1.807) is 12.1 Å². The highest BCUT2D eigenvalue weighted by Gasteiger charge is 2.09. The standard InChI is InChI=1S/C16H18O2/c1-10-8-14(11(2)12(3)16(10)18)9-13-4-6-15(17)7-5-13/h4-8,17-18H,9H2,1-3H3. The Labute approximate surface area is 108 Å². The fourth-order valence-corrected chi connectivity index (χ4v) is 2.17. The Morgan fingerprint density at radius 3 is 2.11 bits per heavy atom. The zero-order valence-corrected chi connectivity index (χ0v) is 11.0. The molecule has 0 unspecified atom stereocenters. The highest BCUT2D eigenvalue weighted by Crippen LogP contribution is 2.28. The average Bonchev–Trinajstić information content (AvgIpc) is 2.36. The third kappa shape index (κ3) is 2.33. The molecule has 0 fully saturated rings. The lowest BCUT2D eigenvalue weighted by atomic mass is 9.94. The molecule has 0 aliphatic rings. The minimum atomic E-state index is 0.286. The van der Waals surface area contributed by atoms with Gasteiger partial charge in [0.1, 0.15) is 11.5 Å². The van der Waals surface area contributed by atoms with E-state index in [4.69, 9.17) is 0 Å². The largest absolute Gasteiger partial charge is 0.508 e. The van der Waals surface area contributed by atoms with Gasteiger partial charge in [-0.3, -0.25) is 0 Å². The molecule has 0 bridgehead atoms. The van der Waals surface area contributed by atoms with Gasteiger partial charge in [0.15, 0.2) is 0 Å². The van der Waals surface area contributed by atoms with E-state index in [1.807, 2.05) is 39.0 Å². The van der Waals surface area contributed by atoms with Gasteiger partial charge in [-0.15, -0.1) is 0 Å². The molecule has 2 heteroatoms. The Bertz CT molecular complexity index is 569. The van der Waals surface area contributed by atoms with Crippen LogP contribution in [-0.4, -0.2) is 10.2 Å². The first-order chi connectivity index (χ1) is 8.49. The smallest absolute Gasteiger partial charge is 0.121 e. The molecule has 0 aliphatic heterocycles. The fraction of sp³-hybridized carbons (Fsp3) is 0.250. The van der Waals surface area contributed by atoms with Gasteiger partial charge in [-0.2, -0.15) is 0 Å². The van der Waals surface area contributed by atoms with E-state index < -0.39 is 0 Å². The molecule has 2 aromatic carbocycles. The van der Waals surface area contributed by atoms with E-state index in [9.17, 15) is 10.2 Å². The van der Waals surface area contributed by atoms with Crippen molar-refractivity contribution in [2.24, 2.45) is 0 Å². The van der Waals surface area contributed by atoms with E-state index in [2.05, 4.69) is 0 Å². The summed E-state index contributed by atoms with van der Waals surface area (Å²) >= 11 is 0. The van der Waals surface area contributed by atoms with Crippen LogP contribution in [0.25, 0.3) is 0 Å². The van der Waals surface area contributed by atoms with Crippen LogP contribution in [0.3, 0.4) is 0 Å². The second kappa shape index (κ2) is 4.73. The van der Waals surface area contributed by atoms with Crippen LogP contribution in [0.4, 0.5) is 0 Å². The number of aromatic hydroxyl groups is 2. The third-order valence-corrected chi connectivity index (χ3v) is 3.49. The second-order valence-corrected chi connectivity index (χ2v) is 4.79. The number of benzene rings is 2. The third-order valence-electron chi connectivity index (χ3n) is 3.49. The zero-order chi connectivity index (χ0) is 13.3. The molecule has 0 heterocycles. The summed E-state index contributed by atoms with van der Waals surface area (Å²) in [5, 5.41) is 19.1. The molecule has 0 atom stereocenters. The minimum Gasteiger partial charge on any atom is -0.508 e. The lowest BCUT2D eigenvalue weighted by Crippen LogP contribution is -1.96. The van der Waals surface area contributed by atoms with Crippen LogP contribution >= 0.6 is 0 Å². The van der Waals surface area contributed by atoms with Crippen molar-refractivity contribution < 1.29 is 10.2 Å². The van der Waals surface area contributed by atoms with Gasteiger partial charge >= 0.3 is 0 Å². The number of hydrogen-bond acceptors (Lipinski definition) is 2. The molecule has 94 valence electrons. The summed E-state index contributed by atoms with van der Waals surface area (Å²) in [6.07, 6.45) is 0.814. The monoisotopic (exact) mass is 242 g/mol. The Hall–Kier alpha value is -1.96. The maximum atomic E-state index is 9.88. The summed E-state index contributed by atoms with van der Waals surface area (Å²) in [7, 11) is 0. The summed E-state index contributed by atoms with van der Waals surface area (Å²) in [4.78, 5) is 0. The van der Waals surface area contributed by atoms with Crippen molar-refractivity contribution in [3.05, 3.63) is 58.1 Å². The lowest BCUT2D eigenvalue weighted by Gasteiger charge is -2.13. The van der Waals surface area contributed by atoms with Gasteiger partial charge in [-0.05, 0) is 67.1 Å². The Morgan fingerprint density at radius 1 is 0.889 bits per heavy atom. The van der Waals surface area contributed by atoms with Gasteiger partial charge in [-0.1, -0.05) is 18.2 Å². The van der Waals surface area contributed by atoms with Gasteiger partial charge < -0.3 is 10.2 Å².